The first-order valence-electron chi connectivity index (χ1n) is 6.00. The van der Waals surface area contributed by atoms with Crippen molar-refractivity contribution in [2.75, 3.05) is 18.8 Å². The molecule has 0 bridgehead atoms. The lowest BCUT2D eigenvalue weighted by molar-refractivity contribution is -0.127. The van der Waals surface area contributed by atoms with Crippen molar-refractivity contribution in [3.63, 3.8) is 0 Å². The average Bonchev–Trinajstić information content (AvgIpc) is 2.34. The van der Waals surface area contributed by atoms with Gasteiger partial charge in [0.25, 0.3) is 0 Å². The van der Waals surface area contributed by atoms with Crippen molar-refractivity contribution in [3.8, 4) is 0 Å². The number of hydrogen-bond acceptors (Lipinski definition) is 4. The molecule has 1 atom stereocenters. The lowest BCUT2D eigenvalue weighted by Gasteiger charge is -2.20. The van der Waals surface area contributed by atoms with Crippen molar-refractivity contribution in [1.29, 1.82) is 0 Å². The van der Waals surface area contributed by atoms with E-state index in [-0.39, 0.29) is 17.1 Å². The Morgan fingerprint density at radius 2 is 1.88 bits per heavy atom. The molecule has 0 spiro atoms. The molecular formula is C11H23N3O2S. The number of nitrogens with two attached hydrogens (primary N) is 1. The van der Waals surface area contributed by atoms with Gasteiger partial charge in [-0.2, -0.15) is 0 Å². The van der Waals surface area contributed by atoms with E-state index in [4.69, 9.17) is 5.84 Å². The Balaban J connectivity index is 4.20. The number of nitrogens with one attached hydrogen (secondary N) is 1. The number of hydrogen-bond donors (Lipinski definition) is 2. The minimum atomic E-state index is -0.232. The molecule has 0 aliphatic rings. The SMILES string of the molecule is CCCC(SCC(=O)N(CC)CC)C(=O)NN. The molecule has 0 saturated heterocycles. The van der Waals surface area contributed by atoms with Crippen LogP contribution >= 0.6 is 11.8 Å². The minimum Gasteiger partial charge on any atom is -0.343 e. The summed E-state index contributed by atoms with van der Waals surface area (Å²) in [6, 6.07) is 0. The number of thioether (sulfide) groups is 1. The zero-order chi connectivity index (χ0) is 13.3. The van der Waals surface area contributed by atoms with Gasteiger partial charge in [-0.05, 0) is 20.3 Å². The monoisotopic (exact) mass is 261 g/mol. The van der Waals surface area contributed by atoms with Crippen molar-refractivity contribution < 1.29 is 9.59 Å². The van der Waals surface area contributed by atoms with Crippen LogP contribution in [-0.4, -0.2) is 40.8 Å². The number of carbonyl (C=O) groups excluding carboxylic acids is 2. The fraction of sp³-hybridized carbons (Fsp3) is 0.818. The van der Waals surface area contributed by atoms with Crippen LogP contribution in [0.5, 0.6) is 0 Å². The highest BCUT2D eigenvalue weighted by atomic mass is 32.2. The standard InChI is InChI=1S/C11H23N3O2S/c1-4-7-9(11(16)13-12)17-8-10(15)14(5-2)6-3/h9H,4-8,12H2,1-3H3,(H,13,16). The Morgan fingerprint density at radius 3 is 2.29 bits per heavy atom. The number of hydrazine groups is 1. The second-order valence-electron chi connectivity index (χ2n) is 3.66. The molecule has 3 N–H and O–H groups in total. The maximum Gasteiger partial charge on any atom is 0.247 e. The maximum absolute atomic E-state index is 11.8. The van der Waals surface area contributed by atoms with E-state index in [9.17, 15) is 9.59 Å². The zero-order valence-corrected chi connectivity index (χ0v) is 11.7. The molecule has 0 aromatic rings. The highest BCUT2D eigenvalue weighted by Gasteiger charge is 2.19. The van der Waals surface area contributed by atoms with Crippen LogP contribution in [0.4, 0.5) is 0 Å². The summed E-state index contributed by atoms with van der Waals surface area (Å²) in [6.07, 6.45) is 1.63. The summed E-state index contributed by atoms with van der Waals surface area (Å²) in [5, 5.41) is -0.232. The second-order valence-corrected chi connectivity index (χ2v) is 4.85. The van der Waals surface area contributed by atoms with E-state index < -0.39 is 0 Å². The van der Waals surface area contributed by atoms with Crippen LogP contribution in [0.15, 0.2) is 0 Å². The fourth-order valence-corrected chi connectivity index (χ4v) is 2.63. The first-order chi connectivity index (χ1) is 8.10. The van der Waals surface area contributed by atoms with E-state index in [0.29, 0.717) is 18.8 Å². The molecule has 5 nitrogen and oxygen atoms in total. The average molecular weight is 261 g/mol. The summed E-state index contributed by atoms with van der Waals surface area (Å²) in [6.45, 7) is 7.31. The van der Waals surface area contributed by atoms with Crippen LogP contribution in [0.25, 0.3) is 0 Å². The van der Waals surface area contributed by atoms with Crippen LogP contribution in [0.2, 0.25) is 0 Å². The number of nitrogens with zero attached hydrogens (tertiary/aromatic N) is 1. The van der Waals surface area contributed by atoms with Crippen molar-refractivity contribution >= 4 is 23.6 Å². The molecule has 0 heterocycles. The Labute approximate surface area is 107 Å². The normalized spacial score (nSPS) is 12.0. The molecule has 0 radical (unpaired) electrons. The molecule has 0 rings (SSSR count). The van der Waals surface area contributed by atoms with Gasteiger partial charge in [-0.3, -0.25) is 15.0 Å². The predicted molar refractivity (Wildman–Crippen MR) is 71.4 cm³/mol. The van der Waals surface area contributed by atoms with Gasteiger partial charge in [0.05, 0.1) is 11.0 Å². The molecule has 0 fully saturated rings. The third-order valence-corrected chi connectivity index (χ3v) is 3.78. The highest BCUT2D eigenvalue weighted by Crippen LogP contribution is 2.17. The van der Waals surface area contributed by atoms with Crippen LogP contribution in [-0.2, 0) is 9.59 Å². The highest BCUT2D eigenvalue weighted by molar-refractivity contribution is 8.01. The Hall–Kier alpha value is -0.750. The van der Waals surface area contributed by atoms with Crippen LogP contribution < -0.4 is 11.3 Å². The number of amides is 2. The van der Waals surface area contributed by atoms with E-state index in [0.717, 1.165) is 12.8 Å². The molecule has 0 aliphatic carbocycles. The fourth-order valence-electron chi connectivity index (χ4n) is 1.48. The van der Waals surface area contributed by atoms with Gasteiger partial charge >= 0.3 is 0 Å². The van der Waals surface area contributed by atoms with Gasteiger partial charge in [-0.25, -0.2) is 5.84 Å². The molecule has 6 heteroatoms. The Morgan fingerprint density at radius 1 is 1.29 bits per heavy atom. The quantitative estimate of drug-likeness (QED) is 0.384. The van der Waals surface area contributed by atoms with Crippen LogP contribution in [0.1, 0.15) is 33.6 Å². The molecule has 0 aromatic heterocycles. The molecule has 0 aromatic carbocycles. The molecule has 0 aliphatic heterocycles. The topological polar surface area (TPSA) is 75.4 Å². The van der Waals surface area contributed by atoms with Gasteiger partial charge in [0.1, 0.15) is 0 Å². The van der Waals surface area contributed by atoms with Crippen LogP contribution in [0.3, 0.4) is 0 Å². The lowest BCUT2D eigenvalue weighted by Crippen LogP contribution is -2.39. The summed E-state index contributed by atoms with van der Waals surface area (Å²) in [7, 11) is 0. The van der Waals surface area contributed by atoms with E-state index >= 15 is 0 Å². The van der Waals surface area contributed by atoms with Gasteiger partial charge in [0.15, 0.2) is 0 Å². The second kappa shape index (κ2) is 9.30. The van der Waals surface area contributed by atoms with Gasteiger partial charge in [0, 0.05) is 13.1 Å². The summed E-state index contributed by atoms with van der Waals surface area (Å²) < 4.78 is 0. The smallest absolute Gasteiger partial charge is 0.247 e. The van der Waals surface area contributed by atoms with E-state index in [1.165, 1.54) is 11.8 Å². The summed E-state index contributed by atoms with van der Waals surface area (Å²) in [5.74, 6) is 5.32. The van der Waals surface area contributed by atoms with Crippen molar-refractivity contribution in [2.45, 2.75) is 38.9 Å². The minimum absolute atomic E-state index is 0.0749. The van der Waals surface area contributed by atoms with E-state index in [1.54, 1.807) is 4.90 Å². The lowest BCUT2D eigenvalue weighted by atomic mass is 10.2. The summed E-state index contributed by atoms with van der Waals surface area (Å²) in [5.41, 5.74) is 2.15. The summed E-state index contributed by atoms with van der Waals surface area (Å²) in [4.78, 5) is 25.0. The first kappa shape index (κ1) is 16.2. The molecule has 2 amide bonds. The van der Waals surface area contributed by atoms with Gasteiger partial charge < -0.3 is 4.90 Å². The van der Waals surface area contributed by atoms with Crippen molar-refractivity contribution in [3.05, 3.63) is 0 Å². The molecule has 100 valence electrons. The maximum atomic E-state index is 11.8. The number of carbonyl (C=O) groups is 2. The van der Waals surface area contributed by atoms with Crippen molar-refractivity contribution in [2.24, 2.45) is 5.84 Å². The van der Waals surface area contributed by atoms with Gasteiger partial charge in [-0.15, -0.1) is 11.8 Å². The van der Waals surface area contributed by atoms with Crippen molar-refractivity contribution in [1.82, 2.24) is 10.3 Å². The van der Waals surface area contributed by atoms with Gasteiger partial charge in [0.2, 0.25) is 11.8 Å². The van der Waals surface area contributed by atoms with E-state index in [1.807, 2.05) is 20.8 Å². The largest absolute Gasteiger partial charge is 0.343 e. The third kappa shape index (κ3) is 5.93. The molecular weight excluding hydrogens is 238 g/mol. The predicted octanol–water partition coefficient (Wildman–Crippen LogP) is 0.747. The molecule has 1 unspecified atom stereocenters. The zero-order valence-electron chi connectivity index (χ0n) is 10.9. The van der Waals surface area contributed by atoms with Crippen LogP contribution in [0, 0.1) is 0 Å². The molecule has 0 saturated carbocycles. The third-order valence-electron chi connectivity index (χ3n) is 2.51. The summed E-state index contributed by atoms with van der Waals surface area (Å²) >= 11 is 1.36. The number of rotatable bonds is 8. The van der Waals surface area contributed by atoms with E-state index in [2.05, 4.69) is 5.43 Å². The Kier molecular flexibility index (Phi) is 8.89. The van der Waals surface area contributed by atoms with Gasteiger partial charge in [-0.1, -0.05) is 13.3 Å². The Bertz CT molecular complexity index is 245. The first-order valence-corrected chi connectivity index (χ1v) is 7.05. The molecule has 17 heavy (non-hydrogen) atoms.